The number of methoxy groups -OCH3 is 1. The molecular formula is C11H13NO2S. The van der Waals surface area contributed by atoms with Crippen LogP contribution in [0.2, 0.25) is 0 Å². The Morgan fingerprint density at radius 2 is 2.33 bits per heavy atom. The third kappa shape index (κ3) is 1.84. The minimum atomic E-state index is -0.661. The highest BCUT2D eigenvalue weighted by molar-refractivity contribution is 7.17. The van der Waals surface area contributed by atoms with Crippen LogP contribution in [-0.2, 0) is 0 Å². The van der Waals surface area contributed by atoms with Crippen LogP contribution in [0.3, 0.4) is 0 Å². The average Bonchev–Trinajstić information content (AvgIpc) is 2.73. The van der Waals surface area contributed by atoms with Crippen LogP contribution < -0.4 is 10.5 Å². The Bertz CT molecular complexity index is 467. The summed E-state index contributed by atoms with van der Waals surface area (Å²) in [5.74, 6) is 0.693. The molecule has 80 valence electrons. The van der Waals surface area contributed by atoms with Gasteiger partial charge in [-0.2, -0.15) is 0 Å². The van der Waals surface area contributed by atoms with Crippen molar-refractivity contribution in [2.45, 2.75) is 6.10 Å². The van der Waals surface area contributed by atoms with Gasteiger partial charge in [0, 0.05) is 16.8 Å². The number of benzene rings is 1. The van der Waals surface area contributed by atoms with Crippen LogP contribution in [0.4, 0.5) is 0 Å². The van der Waals surface area contributed by atoms with Crippen LogP contribution in [0.15, 0.2) is 23.6 Å². The maximum Gasteiger partial charge on any atom is 0.125 e. The van der Waals surface area contributed by atoms with E-state index in [-0.39, 0.29) is 6.54 Å². The van der Waals surface area contributed by atoms with Crippen LogP contribution in [0.1, 0.15) is 11.7 Å². The second-order valence-electron chi connectivity index (χ2n) is 3.30. The van der Waals surface area contributed by atoms with E-state index >= 15 is 0 Å². The highest BCUT2D eigenvalue weighted by atomic mass is 32.1. The molecule has 3 nitrogen and oxygen atoms in total. The number of aliphatic hydroxyl groups excluding tert-OH is 1. The summed E-state index contributed by atoms with van der Waals surface area (Å²) in [6, 6.07) is 5.90. The zero-order chi connectivity index (χ0) is 10.8. The molecule has 1 heterocycles. The largest absolute Gasteiger partial charge is 0.496 e. The molecule has 0 aliphatic carbocycles. The Morgan fingerprint density at radius 3 is 3.00 bits per heavy atom. The van der Waals surface area contributed by atoms with Crippen LogP contribution in [0.25, 0.3) is 10.1 Å². The highest BCUT2D eigenvalue weighted by Crippen LogP contribution is 2.32. The molecule has 0 aliphatic heterocycles. The van der Waals surface area contributed by atoms with Crippen molar-refractivity contribution >= 4 is 21.4 Å². The van der Waals surface area contributed by atoms with E-state index in [2.05, 4.69) is 0 Å². The summed E-state index contributed by atoms with van der Waals surface area (Å²) in [6.45, 7) is 0.202. The van der Waals surface area contributed by atoms with Gasteiger partial charge in [-0.25, -0.2) is 0 Å². The van der Waals surface area contributed by atoms with Gasteiger partial charge in [0.05, 0.1) is 13.2 Å². The summed E-state index contributed by atoms with van der Waals surface area (Å²) in [7, 11) is 1.60. The summed E-state index contributed by atoms with van der Waals surface area (Å²) >= 11 is 1.64. The number of ether oxygens (including phenoxy) is 1. The van der Waals surface area contributed by atoms with Gasteiger partial charge in [0.15, 0.2) is 0 Å². The van der Waals surface area contributed by atoms with Crippen molar-refractivity contribution in [3.05, 3.63) is 29.1 Å². The fraction of sp³-hybridized carbons (Fsp3) is 0.273. The summed E-state index contributed by atoms with van der Waals surface area (Å²) in [6.07, 6.45) is -0.661. The van der Waals surface area contributed by atoms with Crippen molar-refractivity contribution in [3.63, 3.8) is 0 Å². The van der Waals surface area contributed by atoms with Crippen molar-refractivity contribution < 1.29 is 9.84 Å². The molecule has 0 aliphatic rings. The minimum absolute atomic E-state index is 0.202. The first-order chi connectivity index (χ1) is 7.26. The van der Waals surface area contributed by atoms with Crippen LogP contribution >= 0.6 is 11.3 Å². The monoisotopic (exact) mass is 223 g/mol. The van der Waals surface area contributed by atoms with Gasteiger partial charge in [0.2, 0.25) is 0 Å². The second-order valence-corrected chi connectivity index (χ2v) is 4.25. The van der Waals surface area contributed by atoms with Crippen molar-refractivity contribution in [1.29, 1.82) is 0 Å². The van der Waals surface area contributed by atoms with Crippen LogP contribution in [-0.4, -0.2) is 18.8 Å². The molecule has 0 bridgehead atoms. The van der Waals surface area contributed by atoms with E-state index in [1.807, 2.05) is 23.6 Å². The third-order valence-electron chi connectivity index (χ3n) is 2.39. The van der Waals surface area contributed by atoms with E-state index in [1.165, 1.54) is 0 Å². The Labute approximate surface area is 92.1 Å². The molecule has 0 fully saturated rings. The molecule has 0 saturated heterocycles. The first kappa shape index (κ1) is 10.4. The first-order valence-electron chi connectivity index (χ1n) is 4.69. The quantitative estimate of drug-likeness (QED) is 0.835. The number of hydrogen-bond acceptors (Lipinski definition) is 4. The highest BCUT2D eigenvalue weighted by Gasteiger charge is 2.13. The van der Waals surface area contributed by atoms with Gasteiger partial charge < -0.3 is 15.6 Å². The van der Waals surface area contributed by atoms with Crippen molar-refractivity contribution in [3.8, 4) is 5.75 Å². The molecule has 15 heavy (non-hydrogen) atoms. The molecule has 0 spiro atoms. The SMILES string of the molecule is COc1cc2ccsc2cc1C(O)CN. The van der Waals surface area contributed by atoms with Gasteiger partial charge in [-0.1, -0.05) is 0 Å². The Hall–Kier alpha value is -1.10. The Balaban J connectivity index is 2.59. The molecule has 1 atom stereocenters. The van der Waals surface area contributed by atoms with E-state index in [4.69, 9.17) is 10.5 Å². The molecular weight excluding hydrogens is 210 g/mol. The summed E-state index contributed by atoms with van der Waals surface area (Å²) in [4.78, 5) is 0. The van der Waals surface area contributed by atoms with E-state index in [9.17, 15) is 5.11 Å². The standard InChI is InChI=1S/C11H13NO2S/c1-14-10-4-7-2-3-15-11(7)5-8(10)9(13)6-12/h2-5,9,13H,6,12H2,1H3. The zero-order valence-corrected chi connectivity index (χ0v) is 9.25. The van der Waals surface area contributed by atoms with E-state index in [1.54, 1.807) is 18.4 Å². The molecule has 0 saturated carbocycles. The maximum atomic E-state index is 9.74. The lowest BCUT2D eigenvalue weighted by Gasteiger charge is -2.13. The fourth-order valence-electron chi connectivity index (χ4n) is 1.57. The summed E-state index contributed by atoms with van der Waals surface area (Å²) < 4.78 is 6.37. The molecule has 1 unspecified atom stereocenters. The maximum absolute atomic E-state index is 9.74. The van der Waals surface area contributed by atoms with Crippen molar-refractivity contribution in [2.24, 2.45) is 5.73 Å². The molecule has 2 rings (SSSR count). The smallest absolute Gasteiger partial charge is 0.125 e. The van der Waals surface area contributed by atoms with E-state index in [0.717, 1.165) is 15.6 Å². The second kappa shape index (κ2) is 4.18. The van der Waals surface area contributed by atoms with Crippen molar-refractivity contribution in [2.75, 3.05) is 13.7 Å². The molecule has 1 aromatic carbocycles. The van der Waals surface area contributed by atoms with Gasteiger partial charge in [-0.05, 0) is 29.0 Å². The van der Waals surface area contributed by atoms with Gasteiger partial charge in [0.25, 0.3) is 0 Å². The number of nitrogens with two attached hydrogens (primary N) is 1. The normalized spacial score (nSPS) is 13.0. The fourth-order valence-corrected chi connectivity index (χ4v) is 2.39. The first-order valence-corrected chi connectivity index (χ1v) is 5.57. The predicted octanol–water partition coefficient (Wildman–Crippen LogP) is 1.90. The third-order valence-corrected chi connectivity index (χ3v) is 3.27. The lowest BCUT2D eigenvalue weighted by atomic mass is 10.1. The van der Waals surface area contributed by atoms with Gasteiger partial charge in [-0.15, -0.1) is 11.3 Å². The molecule has 0 amide bonds. The molecule has 0 radical (unpaired) electrons. The molecule has 3 N–H and O–H groups in total. The molecule has 1 aromatic heterocycles. The summed E-state index contributed by atoms with van der Waals surface area (Å²) in [5.41, 5.74) is 6.20. The van der Waals surface area contributed by atoms with E-state index < -0.39 is 6.10 Å². The number of fused-ring (bicyclic) bond motifs is 1. The molecule has 2 aromatic rings. The van der Waals surface area contributed by atoms with Gasteiger partial charge >= 0.3 is 0 Å². The Kier molecular flexibility index (Phi) is 2.90. The number of rotatable bonds is 3. The van der Waals surface area contributed by atoms with Gasteiger partial charge in [-0.3, -0.25) is 0 Å². The Morgan fingerprint density at radius 1 is 1.53 bits per heavy atom. The molecule has 4 heteroatoms. The lowest BCUT2D eigenvalue weighted by Crippen LogP contribution is -2.12. The van der Waals surface area contributed by atoms with E-state index in [0.29, 0.717) is 5.75 Å². The zero-order valence-electron chi connectivity index (χ0n) is 8.43. The number of aliphatic hydroxyl groups is 1. The summed E-state index contributed by atoms with van der Waals surface area (Å²) in [5, 5.41) is 12.9. The van der Waals surface area contributed by atoms with Crippen molar-refractivity contribution in [1.82, 2.24) is 0 Å². The topological polar surface area (TPSA) is 55.5 Å². The van der Waals surface area contributed by atoms with Crippen LogP contribution in [0, 0.1) is 0 Å². The minimum Gasteiger partial charge on any atom is -0.496 e. The average molecular weight is 223 g/mol. The predicted molar refractivity (Wildman–Crippen MR) is 62.4 cm³/mol. The number of thiophene rings is 1. The lowest BCUT2D eigenvalue weighted by molar-refractivity contribution is 0.182. The van der Waals surface area contributed by atoms with Gasteiger partial charge in [0.1, 0.15) is 5.75 Å². The van der Waals surface area contributed by atoms with Crippen LogP contribution in [0.5, 0.6) is 5.75 Å². The number of hydrogen-bond donors (Lipinski definition) is 2.